The van der Waals surface area contributed by atoms with E-state index in [1.807, 2.05) is 0 Å². The molecule has 0 amide bonds. The second kappa shape index (κ2) is 6.83. The lowest BCUT2D eigenvalue weighted by Crippen LogP contribution is -2.01. The van der Waals surface area contributed by atoms with Crippen molar-refractivity contribution in [3.63, 3.8) is 0 Å². The minimum atomic E-state index is -2.30. The summed E-state index contributed by atoms with van der Waals surface area (Å²) in [7, 11) is -4.60. The zero-order valence-corrected chi connectivity index (χ0v) is 9.84. The molecule has 0 aromatic rings. The summed E-state index contributed by atoms with van der Waals surface area (Å²) in [5, 5.41) is 0. The van der Waals surface area contributed by atoms with Crippen LogP contribution < -0.4 is 0 Å². The van der Waals surface area contributed by atoms with Gasteiger partial charge in [-0.15, -0.1) is 24.8 Å². The number of allylic oxidation sites excluding steroid dienone is 4. The Labute approximate surface area is 96.2 Å². The average Bonchev–Trinajstić information content (AvgIpc) is 2.04. The van der Waals surface area contributed by atoms with Crippen LogP contribution in [0.1, 0.15) is 0 Å². The van der Waals surface area contributed by atoms with E-state index in [-0.39, 0.29) is 34.5 Å². The van der Waals surface area contributed by atoms with Gasteiger partial charge in [0.25, 0.3) is 0 Å². The fraction of sp³-hybridized carbons (Fsp3) is 0. The lowest BCUT2D eigenvalue weighted by atomic mass is 10.2. The molecule has 1 aliphatic rings. The molecule has 0 unspecified atom stereocenters. The smallest absolute Gasteiger partial charge is 0.184 e. The van der Waals surface area contributed by atoms with Gasteiger partial charge in [0.1, 0.15) is 0 Å². The monoisotopic (exact) mass is 276 g/mol. The molecule has 0 aromatic carbocycles. The van der Waals surface area contributed by atoms with Gasteiger partial charge in [-0.3, -0.25) is 0 Å². The average molecular weight is 277 g/mol. The summed E-state index contributed by atoms with van der Waals surface area (Å²) in [6.07, 6.45) is 4.92. The van der Waals surface area contributed by atoms with E-state index < -0.39 is 20.6 Å². The molecule has 0 atom stereocenters. The van der Waals surface area contributed by atoms with E-state index in [0.717, 1.165) is 0 Å². The van der Waals surface area contributed by atoms with Crippen LogP contribution >= 0.6 is 24.8 Å². The van der Waals surface area contributed by atoms with Crippen molar-refractivity contribution in [1.29, 1.82) is 0 Å². The van der Waals surface area contributed by atoms with Crippen molar-refractivity contribution in [3.8, 4) is 0 Å². The minimum Gasteiger partial charge on any atom is -0.184 e. The lowest BCUT2D eigenvalue weighted by Gasteiger charge is -1.92. The molecule has 14 heavy (non-hydrogen) atoms. The third-order valence-corrected chi connectivity index (χ3v) is 2.52. The van der Waals surface area contributed by atoms with Crippen LogP contribution in [0.15, 0.2) is 24.3 Å². The van der Waals surface area contributed by atoms with E-state index in [1.54, 1.807) is 0 Å². The normalized spacial score (nSPS) is 12.9. The Morgan fingerprint density at radius 1 is 0.643 bits per heavy atom. The molecule has 0 fully saturated rings. The first-order valence-electron chi connectivity index (χ1n) is 2.90. The van der Waals surface area contributed by atoms with Crippen LogP contribution in [-0.2, 0) is 20.6 Å². The van der Waals surface area contributed by atoms with Crippen LogP contribution in [0.5, 0.6) is 0 Å². The molecular weight excluding hydrogens is 271 g/mol. The van der Waals surface area contributed by atoms with Gasteiger partial charge in [0.05, 0.1) is 9.73 Å². The summed E-state index contributed by atoms with van der Waals surface area (Å²) in [5.74, 6) is 0. The minimum absolute atomic E-state index is 0. The number of hydrogen-bond acceptors (Lipinski definition) is 4. The Morgan fingerprint density at radius 2 is 0.857 bits per heavy atom. The standard InChI is InChI=1S/C6H4O4S2.2ClH/c7-11(8)5-1-2-6(4-3-5)12(9)10;;/h1-4H;2*1H. The Morgan fingerprint density at radius 3 is 1.00 bits per heavy atom. The molecule has 0 saturated heterocycles. The zero-order valence-electron chi connectivity index (χ0n) is 6.58. The van der Waals surface area contributed by atoms with Gasteiger partial charge in [0, 0.05) is 0 Å². The summed E-state index contributed by atoms with van der Waals surface area (Å²) in [5.41, 5.74) is 0. The van der Waals surface area contributed by atoms with E-state index in [2.05, 4.69) is 0 Å². The number of rotatable bonds is 0. The van der Waals surface area contributed by atoms with Gasteiger partial charge in [0.2, 0.25) is 20.6 Å². The largest absolute Gasteiger partial charge is 0.221 e. The van der Waals surface area contributed by atoms with E-state index in [1.165, 1.54) is 24.3 Å². The van der Waals surface area contributed by atoms with Gasteiger partial charge in [-0.25, -0.2) is 0 Å². The van der Waals surface area contributed by atoms with Crippen molar-refractivity contribution >= 4 is 55.1 Å². The van der Waals surface area contributed by atoms with Crippen molar-refractivity contribution in [2.45, 2.75) is 0 Å². The third-order valence-electron chi connectivity index (χ3n) is 1.21. The Bertz CT molecular complexity index is 440. The highest BCUT2D eigenvalue weighted by molar-refractivity contribution is 7.74. The van der Waals surface area contributed by atoms with E-state index in [4.69, 9.17) is 0 Å². The second-order valence-electron chi connectivity index (χ2n) is 1.94. The number of halogens is 2. The Hall–Kier alpha value is -0.560. The first-order valence-corrected chi connectivity index (χ1v) is 5.05. The van der Waals surface area contributed by atoms with Crippen LogP contribution in [-0.4, -0.2) is 26.6 Å². The van der Waals surface area contributed by atoms with Crippen molar-refractivity contribution in [2.24, 2.45) is 0 Å². The van der Waals surface area contributed by atoms with Crippen LogP contribution in [0.25, 0.3) is 0 Å². The highest BCUT2D eigenvalue weighted by Crippen LogP contribution is 1.94. The van der Waals surface area contributed by atoms with Crippen molar-refractivity contribution in [3.05, 3.63) is 24.3 Å². The maximum Gasteiger partial charge on any atom is 0.221 e. The van der Waals surface area contributed by atoms with E-state index in [9.17, 15) is 16.8 Å². The van der Waals surface area contributed by atoms with Crippen LogP contribution in [0.4, 0.5) is 0 Å². The third kappa shape index (κ3) is 4.10. The lowest BCUT2D eigenvalue weighted by molar-refractivity contribution is 0.625. The SMILES string of the molecule is Cl.Cl.O=S(=O)=C1C=CC(=S(=O)=O)C=C1. The van der Waals surface area contributed by atoms with Gasteiger partial charge in [-0.1, -0.05) is 0 Å². The van der Waals surface area contributed by atoms with Crippen molar-refractivity contribution in [2.75, 3.05) is 0 Å². The molecule has 4 nitrogen and oxygen atoms in total. The van der Waals surface area contributed by atoms with Crippen LogP contribution in [0.3, 0.4) is 0 Å². The summed E-state index contributed by atoms with van der Waals surface area (Å²) in [6, 6.07) is 0. The molecule has 0 spiro atoms. The number of hydrogen-bond donors (Lipinski definition) is 0. The highest BCUT2D eigenvalue weighted by atomic mass is 35.5. The van der Waals surface area contributed by atoms with Crippen molar-refractivity contribution in [1.82, 2.24) is 0 Å². The van der Waals surface area contributed by atoms with E-state index in [0.29, 0.717) is 0 Å². The predicted octanol–water partition coefficient (Wildman–Crippen LogP) is 0.0590. The fourth-order valence-corrected chi connectivity index (χ4v) is 1.38. The second-order valence-corrected chi connectivity index (χ2v) is 3.82. The molecule has 1 rings (SSSR count). The predicted molar refractivity (Wildman–Crippen MR) is 60.6 cm³/mol. The Kier molecular flexibility index (Phi) is 7.75. The molecule has 0 heterocycles. The summed E-state index contributed by atoms with van der Waals surface area (Å²) in [4.78, 5) is 0.147. The van der Waals surface area contributed by atoms with Gasteiger partial charge in [-0.2, -0.15) is 16.8 Å². The topological polar surface area (TPSA) is 68.3 Å². The van der Waals surface area contributed by atoms with Gasteiger partial charge in [-0.05, 0) is 24.3 Å². The molecule has 0 radical (unpaired) electrons. The Balaban J connectivity index is 0. The first kappa shape index (κ1) is 15.9. The molecule has 0 saturated carbocycles. The van der Waals surface area contributed by atoms with Crippen LogP contribution in [0, 0.1) is 0 Å². The van der Waals surface area contributed by atoms with E-state index >= 15 is 0 Å². The van der Waals surface area contributed by atoms with Gasteiger partial charge in [0.15, 0.2) is 0 Å². The molecule has 0 aromatic heterocycles. The molecule has 0 aliphatic heterocycles. The molecular formula is C6H6Cl2O4S2. The van der Waals surface area contributed by atoms with Gasteiger partial charge >= 0.3 is 0 Å². The van der Waals surface area contributed by atoms with Crippen LogP contribution in [0.2, 0.25) is 0 Å². The molecule has 8 heteroatoms. The molecule has 80 valence electrons. The maximum atomic E-state index is 10.3. The molecule has 0 bridgehead atoms. The summed E-state index contributed by atoms with van der Waals surface area (Å²) >= 11 is 0. The summed E-state index contributed by atoms with van der Waals surface area (Å²) < 4.78 is 41.3. The highest BCUT2D eigenvalue weighted by Gasteiger charge is 2.00. The van der Waals surface area contributed by atoms with Crippen molar-refractivity contribution < 1.29 is 16.8 Å². The zero-order chi connectivity index (χ0) is 9.14. The molecule has 0 N–H and O–H groups in total. The summed E-state index contributed by atoms with van der Waals surface area (Å²) in [6.45, 7) is 0. The quantitative estimate of drug-likeness (QED) is 0.587. The first-order chi connectivity index (χ1) is 5.61. The molecule has 1 aliphatic carbocycles. The van der Waals surface area contributed by atoms with Gasteiger partial charge < -0.3 is 0 Å². The maximum absolute atomic E-state index is 10.3. The fourth-order valence-electron chi connectivity index (χ4n) is 0.662.